The van der Waals surface area contributed by atoms with Gasteiger partial charge in [0.2, 0.25) is 0 Å². The number of fused-ring (bicyclic) bond motifs is 3. The number of anilines is 2. The summed E-state index contributed by atoms with van der Waals surface area (Å²) in [5, 5.41) is 14.5. The van der Waals surface area contributed by atoms with E-state index in [0.717, 1.165) is 22.4 Å². The van der Waals surface area contributed by atoms with Gasteiger partial charge in [0.15, 0.2) is 0 Å². The zero-order valence-electron chi connectivity index (χ0n) is 10.9. The fraction of sp³-hybridized carbons (Fsp3) is 0.200. The van der Waals surface area contributed by atoms with Gasteiger partial charge in [-0.3, -0.25) is 0 Å². The Balaban J connectivity index is 2.23. The number of aryl methyl sites for hydroxylation is 1. The SMILES string of the molecule is Cn1c2cc(N)ccc2c2ccc(NCCO)cc21. The van der Waals surface area contributed by atoms with Gasteiger partial charge in [0.05, 0.1) is 17.6 Å². The van der Waals surface area contributed by atoms with Crippen molar-refractivity contribution in [3.8, 4) is 0 Å². The lowest BCUT2D eigenvalue weighted by molar-refractivity contribution is 0.311. The van der Waals surface area contributed by atoms with Crippen LogP contribution in [0, 0.1) is 0 Å². The second-order valence-corrected chi connectivity index (χ2v) is 4.72. The molecule has 0 bridgehead atoms. The predicted molar refractivity (Wildman–Crippen MR) is 80.4 cm³/mol. The molecule has 1 aromatic heterocycles. The molecule has 0 aliphatic carbocycles. The minimum atomic E-state index is 0.129. The quantitative estimate of drug-likeness (QED) is 0.629. The first-order valence-electron chi connectivity index (χ1n) is 6.33. The fourth-order valence-electron chi connectivity index (χ4n) is 2.53. The topological polar surface area (TPSA) is 63.2 Å². The third-order valence-electron chi connectivity index (χ3n) is 3.47. The number of aromatic nitrogens is 1. The highest BCUT2D eigenvalue weighted by molar-refractivity contribution is 6.09. The molecule has 2 aromatic carbocycles. The molecule has 0 spiro atoms. The standard InChI is InChI=1S/C15H17N3O/c1-18-14-8-10(16)2-4-12(14)13-5-3-11(9-15(13)18)17-6-7-19/h2-5,8-9,17,19H,6-7,16H2,1H3. The van der Waals surface area contributed by atoms with Crippen LogP contribution in [0.4, 0.5) is 11.4 Å². The molecular formula is C15H17N3O. The number of rotatable bonds is 3. The number of nitrogens with one attached hydrogen (secondary N) is 1. The fourth-order valence-corrected chi connectivity index (χ4v) is 2.53. The molecule has 1 heterocycles. The van der Waals surface area contributed by atoms with Crippen molar-refractivity contribution in [2.75, 3.05) is 24.2 Å². The van der Waals surface area contributed by atoms with Gasteiger partial charge in [0, 0.05) is 35.7 Å². The van der Waals surface area contributed by atoms with Crippen LogP contribution in [0.1, 0.15) is 0 Å². The lowest BCUT2D eigenvalue weighted by atomic mass is 10.1. The summed E-state index contributed by atoms with van der Waals surface area (Å²) >= 11 is 0. The number of aliphatic hydroxyl groups excluding tert-OH is 1. The molecule has 4 heteroatoms. The summed E-state index contributed by atoms with van der Waals surface area (Å²) in [6.45, 7) is 0.687. The minimum absolute atomic E-state index is 0.129. The zero-order chi connectivity index (χ0) is 13.4. The molecule has 0 aliphatic heterocycles. The number of nitrogens with zero attached hydrogens (tertiary/aromatic N) is 1. The van der Waals surface area contributed by atoms with Crippen molar-refractivity contribution in [1.29, 1.82) is 0 Å². The second kappa shape index (κ2) is 4.48. The van der Waals surface area contributed by atoms with Gasteiger partial charge < -0.3 is 20.7 Å². The van der Waals surface area contributed by atoms with Crippen molar-refractivity contribution in [3.63, 3.8) is 0 Å². The Morgan fingerprint density at radius 1 is 1.11 bits per heavy atom. The Kier molecular flexibility index (Phi) is 2.80. The van der Waals surface area contributed by atoms with E-state index in [1.165, 1.54) is 10.8 Å². The van der Waals surface area contributed by atoms with E-state index in [0.29, 0.717) is 6.54 Å². The van der Waals surface area contributed by atoms with E-state index in [1.807, 2.05) is 25.2 Å². The lowest BCUT2D eigenvalue weighted by Crippen LogP contribution is -2.05. The maximum Gasteiger partial charge on any atom is 0.0604 e. The summed E-state index contributed by atoms with van der Waals surface area (Å²) in [4.78, 5) is 0. The molecule has 4 N–H and O–H groups in total. The largest absolute Gasteiger partial charge is 0.399 e. The van der Waals surface area contributed by atoms with Gasteiger partial charge in [-0.15, -0.1) is 0 Å². The first kappa shape index (κ1) is 11.9. The van der Waals surface area contributed by atoms with E-state index in [9.17, 15) is 0 Å². The highest BCUT2D eigenvalue weighted by atomic mass is 16.3. The molecule has 98 valence electrons. The van der Waals surface area contributed by atoms with E-state index in [4.69, 9.17) is 10.8 Å². The summed E-state index contributed by atoms with van der Waals surface area (Å²) < 4.78 is 2.14. The van der Waals surface area contributed by atoms with Crippen LogP contribution in [-0.2, 0) is 7.05 Å². The smallest absolute Gasteiger partial charge is 0.0604 e. The Bertz CT molecular complexity index is 746. The Hall–Kier alpha value is -2.20. The van der Waals surface area contributed by atoms with Crippen molar-refractivity contribution in [3.05, 3.63) is 36.4 Å². The third kappa shape index (κ3) is 1.90. The second-order valence-electron chi connectivity index (χ2n) is 4.72. The maximum atomic E-state index is 8.86. The average molecular weight is 255 g/mol. The van der Waals surface area contributed by atoms with E-state index in [-0.39, 0.29) is 6.61 Å². The summed E-state index contributed by atoms with van der Waals surface area (Å²) in [5.41, 5.74) is 9.94. The van der Waals surface area contributed by atoms with Crippen LogP contribution in [0.3, 0.4) is 0 Å². The molecule has 0 aliphatic rings. The Morgan fingerprint density at radius 2 is 1.79 bits per heavy atom. The number of hydrogen-bond acceptors (Lipinski definition) is 3. The van der Waals surface area contributed by atoms with Gasteiger partial charge in [-0.05, 0) is 24.3 Å². The number of nitrogen functional groups attached to an aromatic ring is 1. The molecular weight excluding hydrogens is 238 g/mol. The van der Waals surface area contributed by atoms with Gasteiger partial charge in [-0.25, -0.2) is 0 Å². The van der Waals surface area contributed by atoms with Gasteiger partial charge >= 0.3 is 0 Å². The summed E-state index contributed by atoms with van der Waals surface area (Å²) in [6.07, 6.45) is 0. The molecule has 0 amide bonds. The molecule has 3 rings (SSSR count). The molecule has 0 saturated heterocycles. The van der Waals surface area contributed by atoms with Crippen molar-refractivity contribution < 1.29 is 5.11 Å². The van der Waals surface area contributed by atoms with Crippen LogP contribution >= 0.6 is 0 Å². The molecule has 0 fully saturated rings. The van der Waals surface area contributed by atoms with Gasteiger partial charge in [0.1, 0.15) is 0 Å². The molecule has 0 radical (unpaired) electrons. The van der Waals surface area contributed by atoms with Crippen molar-refractivity contribution in [2.45, 2.75) is 0 Å². The van der Waals surface area contributed by atoms with Crippen LogP contribution in [-0.4, -0.2) is 22.8 Å². The van der Waals surface area contributed by atoms with Crippen LogP contribution in [0.25, 0.3) is 21.8 Å². The predicted octanol–water partition coefficient (Wildman–Crippen LogP) is 2.32. The highest BCUT2D eigenvalue weighted by Crippen LogP contribution is 2.31. The molecule has 0 saturated carbocycles. The number of nitrogens with two attached hydrogens (primary N) is 1. The van der Waals surface area contributed by atoms with Gasteiger partial charge in [0.25, 0.3) is 0 Å². The van der Waals surface area contributed by atoms with Crippen LogP contribution < -0.4 is 11.1 Å². The maximum absolute atomic E-state index is 8.86. The van der Waals surface area contributed by atoms with E-state index < -0.39 is 0 Å². The molecule has 0 atom stereocenters. The summed E-state index contributed by atoms with van der Waals surface area (Å²) in [5.74, 6) is 0. The lowest BCUT2D eigenvalue weighted by Gasteiger charge is -2.05. The highest BCUT2D eigenvalue weighted by Gasteiger charge is 2.08. The van der Waals surface area contributed by atoms with Crippen molar-refractivity contribution >= 4 is 33.2 Å². The van der Waals surface area contributed by atoms with Crippen LogP contribution in [0.15, 0.2) is 36.4 Å². The van der Waals surface area contributed by atoms with E-state index in [2.05, 4.69) is 28.1 Å². The van der Waals surface area contributed by atoms with Gasteiger partial charge in [-0.1, -0.05) is 12.1 Å². The van der Waals surface area contributed by atoms with Crippen molar-refractivity contribution in [2.24, 2.45) is 7.05 Å². The normalized spacial score (nSPS) is 11.3. The molecule has 3 aromatic rings. The van der Waals surface area contributed by atoms with Gasteiger partial charge in [-0.2, -0.15) is 0 Å². The Morgan fingerprint density at radius 3 is 2.53 bits per heavy atom. The minimum Gasteiger partial charge on any atom is -0.399 e. The average Bonchev–Trinajstić information content (AvgIpc) is 2.69. The van der Waals surface area contributed by atoms with Crippen LogP contribution in [0.5, 0.6) is 0 Å². The third-order valence-corrected chi connectivity index (χ3v) is 3.47. The van der Waals surface area contributed by atoms with Crippen LogP contribution in [0.2, 0.25) is 0 Å². The zero-order valence-corrected chi connectivity index (χ0v) is 10.9. The number of aliphatic hydroxyl groups is 1. The van der Waals surface area contributed by atoms with E-state index >= 15 is 0 Å². The first-order chi connectivity index (χ1) is 9.20. The molecule has 4 nitrogen and oxygen atoms in total. The molecule has 0 unspecified atom stereocenters. The first-order valence-corrected chi connectivity index (χ1v) is 6.33. The Labute approximate surface area is 111 Å². The van der Waals surface area contributed by atoms with Crippen molar-refractivity contribution in [1.82, 2.24) is 4.57 Å². The monoisotopic (exact) mass is 255 g/mol. The summed E-state index contributed by atoms with van der Waals surface area (Å²) in [7, 11) is 2.04. The summed E-state index contributed by atoms with van der Waals surface area (Å²) in [6, 6.07) is 12.2. The van der Waals surface area contributed by atoms with E-state index in [1.54, 1.807) is 0 Å². The number of hydrogen-bond donors (Lipinski definition) is 3. The molecule has 19 heavy (non-hydrogen) atoms. The number of benzene rings is 2.